The number of benzene rings is 3. The number of rotatable bonds is 3. The topological polar surface area (TPSA) is 43.1 Å². The van der Waals surface area contributed by atoms with Gasteiger partial charge in [0.15, 0.2) is 0 Å². The number of non-ortho nitro benzene ring substituents is 1. The Bertz CT molecular complexity index is 813. The van der Waals surface area contributed by atoms with Crippen LogP contribution in [0.5, 0.6) is 0 Å². The summed E-state index contributed by atoms with van der Waals surface area (Å²) in [4.78, 5) is 10.2. The molecule has 0 unspecified atom stereocenters. The summed E-state index contributed by atoms with van der Waals surface area (Å²) in [6, 6.07) is 17.2. The average Bonchev–Trinajstić information content (AvgIpc) is 2.48. The van der Waals surface area contributed by atoms with Gasteiger partial charge in [-0.2, -0.15) is 0 Å². The molecule has 3 rings (SSSR count). The average molecular weight is 346 g/mol. The van der Waals surface area contributed by atoms with Gasteiger partial charge < -0.3 is 0 Å². The standard InChI is InChI=1S/C16H10FNO2Se/c17-14-5-1-3-11-4-2-6-15(16(11)14)21-13-9-7-12(8-10-13)18(19)20/h1-10H. The third-order valence-corrected chi connectivity index (χ3v) is 5.33. The number of nitro benzene ring substituents is 1. The van der Waals surface area contributed by atoms with Crippen LogP contribution in [0, 0.1) is 15.9 Å². The summed E-state index contributed by atoms with van der Waals surface area (Å²) < 4.78 is 16.0. The molecule has 0 N–H and O–H groups in total. The van der Waals surface area contributed by atoms with E-state index in [0.29, 0.717) is 5.39 Å². The molecule has 0 fully saturated rings. The van der Waals surface area contributed by atoms with E-state index in [0.717, 1.165) is 14.3 Å². The summed E-state index contributed by atoms with van der Waals surface area (Å²) in [6.07, 6.45) is 0. The van der Waals surface area contributed by atoms with Gasteiger partial charge in [-0.1, -0.05) is 0 Å². The van der Waals surface area contributed by atoms with Gasteiger partial charge in [0.1, 0.15) is 0 Å². The summed E-state index contributed by atoms with van der Waals surface area (Å²) in [6.45, 7) is 0. The van der Waals surface area contributed by atoms with Crippen LogP contribution >= 0.6 is 0 Å². The number of nitrogens with zero attached hydrogens (tertiary/aromatic N) is 1. The summed E-state index contributed by atoms with van der Waals surface area (Å²) >= 11 is -0.100. The second-order valence-corrected chi connectivity index (χ2v) is 6.79. The molecule has 3 aromatic carbocycles. The van der Waals surface area contributed by atoms with Crippen LogP contribution in [-0.4, -0.2) is 19.9 Å². The van der Waals surface area contributed by atoms with Crippen molar-refractivity contribution in [1.29, 1.82) is 0 Å². The van der Waals surface area contributed by atoms with Crippen LogP contribution in [0.4, 0.5) is 10.1 Å². The molecular weight excluding hydrogens is 336 g/mol. The van der Waals surface area contributed by atoms with Gasteiger partial charge in [-0.05, 0) is 0 Å². The quantitative estimate of drug-likeness (QED) is 0.416. The number of hydrogen-bond acceptors (Lipinski definition) is 2. The van der Waals surface area contributed by atoms with Crippen molar-refractivity contribution in [3.8, 4) is 0 Å². The Labute approximate surface area is 126 Å². The monoisotopic (exact) mass is 347 g/mol. The van der Waals surface area contributed by atoms with Gasteiger partial charge in [-0.3, -0.25) is 0 Å². The Hall–Kier alpha value is -2.23. The van der Waals surface area contributed by atoms with Crippen LogP contribution in [0.1, 0.15) is 0 Å². The molecule has 5 heteroatoms. The second kappa shape index (κ2) is 5.64. The summed E-state index contributed by atoms with van der Waals surface area (Å²) in [5.74, 6) is -0.230. The first kappa shape index (κ1) is 13.7. The van der Waals surface area contributed by atoms with E-state index in [1.54, 1.807) is 18.2 Å². The van der Waals surface area contributed by atoms with Gasteiger partial charge in [0.25, 0.3) is 0 Å². The summed E-state index contributed by atoms with van der Waals surface area (Å²) in [7, 11) is 0. The van der Waals surface area contributed by atoms with E-state index < -0.39 is 4.92 Å². The van der Waals surface area contributed by atoms with E-state index in [9.17, 15) is 14.5 Å². The van der Waals surface area contributed by atoms with Crippen molar-refractivity contribution >= 4 is 40.3 Å². The van der Waals surface area contributed by atoms with Crippen molar-refractivity contribution in [2.45, 2.75) is 0 Å². The molecule has 0 amide bonds. The third kappa shape index (κ3) is 2.79. The number of halogens is 1. The zero-order chi connectivity index (χ0) is 14.8. The fourth-order valence-electron chi connectivity index (χ4n) is 2.11. The SMILES string of the molecule is O=[N+]([O-])c1ccc([Se]c2cccc3cccc(F)c23)cc1. The number of hydrogen-bond donors (Lipinski definition) is 0. The van der Waals surface area contributed by atoms with Gasteiger partial charge >= 0.3 is 126 Å². The molecule has 104 valence electrons. The molecule has 3 nitrogen and oxygen atoms in total. The minimum absolute atomic E-state index is 0.0682. The maximum absolute atomic E-state index is 14.0. The van der Waals surface area contributed by atoms with Crippen molar-refractivity contribution in [3.63, 3.8) is 0 Å². The van der Waals surface area contributed by atoms with E-state index in [-0.39, 0.29) is 26.5 Å². The van der Waals surface area contributed by atoms with Gasteiger partial charge in [-0.15, -0.1) is 0 Å². The van der Waals surface area contributed by atoms with Crippen molar-refractivity contribution in [1.82, 2.24) is 0 Å². The first-order chi connectivity index (χ1) is 10.1. The zero-order valence-electron chi connectivity index (χ0n) is 10.8. The van der Waals surface area contributed by atoms with Crippen LogP contribution in [-0.2, 0) is 0 Å². The van der Waals surface area contributed by atoms with Crippen molar-refractivity contribution < 1.29 is 9.31 Å². The molecule has 0 aliphatic rings. The van der Waals surface area contributed by atoms with E-state index in [1.807, 2.05) is 24.3 Å². The van der Waals surface area contributed by atoms with Crippen molar-refractivity contribution in [2.24, 2.45) is 0 Å². The molecule has 0 aliphatic carbocycles. The summed E-state index contributed by atoms with van der Waals surface area (Å²) in [5.41, 5.74) is 0.0682. The molecule has 0 aromatic heterocycles. The first-order valence-corrected chi connectivity index (χ1v) is 7.96. The van der Waals surface area contributed by atoms with Gasteiger partial charge in [-0.25, -0.2) is 0 Å². The van der Waals surface area contributed by atoms with E-state index in [1.165, 1.54) is 18.2 Å². The van der Waals surface area contributed by atoms with Gasteiger partial charge in [0.05, 0.1) is 0 Å². The van der Waals surface area contributed by atoms with E-state index in [2.05, 4.69) is 0 Å². The van der Waals surface area contributed by atoms with Gasteiger partial charge in [0, 0.05) is 0 Å². The maximum atomic E-state index is 14.0. The van der Waals surface area contributed by atoms with Crippen LogP contribution in [0.15, 0.2) is 60.7 Å². The Morgan fingerprint density at radius 2 is 1.62 bits per heavy atom. The predicted octanol–water partition coefficient (Wildman–Crippen LogP) is 2.54. The zero-order valence-corrected chi connectivity index (χ0v) is 12.5. The Morgan fingerprint density at radius 1 is 0.952 bits per heavy atom. The normalized spacial score (nSPS) is 10.7. The fraction of sp³-hybridized carbons (Fsp3) is 0. The molecular formula is C16H10FNO2Se. The second-order valence-electron chi connectivity index (χ2n) is 4.45. The van der Waals surface area contributed by atoms with Crippen LogP contribution < -0.4 is 8.92 Å². The molecule has 0 saturated heterocycles. The predicted molar refractivity (Wildman–Crippen MR) is 82.0 cm³/mol. The molecule has 0 bridgehead atoms. The molecule has 0 aliphatic heterocycles. The fourth-order valence-corrected chi connectivity index (χ4v) is 4.19. The number of nitro groups is 1. The Kier molecular flexibility index (Phi) is 3.69. The molecule has 21 heavy (non-hydrogen) atoms. The van der Waals surface area contributed by atoms with E-state index in [4.69, 9.17) is 0 Å². The minimum atomic E-state index is -0.422. The van der Waals surface area contributed by atoms with Gasteiger partial charge in [0.2, 0.25) is 0 Å². The first-order valence-electron chi connectivity index (χ1n) is 6.25. The van der Waals surface area contributed by atoms with E-state index >= 15 is 0 Å². The third-order valence-electron chi connectivity index (χ3n) is 3.09. The van der Waals surface area contributed by atoms with Crippen LogP contribution in [0.3, 0.4) is 0 Å². The van der Waals surface area contributed by atoms with Crippen LogP contribution in [0.2, 0.25) is 0 Å². The molecule has 0 heterocycles. The van der Waals surface area contributed by atoms with Crippen molar-refractivity contribution in [2.75, 3.05) is 0 Å². The molecule has 0 atom stereocenters. The molecule has 0 saturated carbocycles. The molecule has 0 spiro atoms. The van der Waals surface area contributed by atoms with Crippen LogP contribution in [0.25, 0.3) is 10.8 Å². The summed E-state index contributed by atoms with van der Waals surface area (Å²) in [5, 5.41) is 12.2. The molecule has 0 radical (unpaired) electrons. The Morgan fingerprint density at radius 3 is 2.29 bits per heavy atom. The number of fused-ring (bicyclic) bond motifs is 1. The Balaban J connectivity index is 2.00. The van der Waals surface area contributed by atoms with Crippen molar-refractivity contribution in [3.05, 3.63) is 76.6 Å². The molecule has 3 aromatic rings.